The van der Waals surface area contributed by atoms with E-state index < -0.39 is 0 Å². The minimum Gasteiger partial charge on any atom is -0.369 e. The lowest BCUT2D eigenvalue weighted by molar-refractivity contribution is -0.132. The zero-order chi connectivity index (χ0) is 19.3. The van der Waals surface area contributed by atoms with Crippen molar-refractivity contribution in [3.05, 3.63) is 71.8 Å². The van der Waals surface area contributed by atoms with Crippen LogP contribution >= 0.6 is 0 Å². The van der Waals surface area contributed by atoms with Crippen LogP contribution in [0.25, 0.3) is 5.57 Å². The molecule has 0 atom stereocenters. The fourth-order valence-corrected chi connectivity index (χ4v) is 4.17. The van der Waals surface area contributed by atoms with E-state index in [0.29, 0.717) is 6.54 Å². The highest BCUT2D eigenvalue weighted by molar-refractivity contribution is 5.80. The molecule has 4 rings (SSSR count). The molecule has 0 unspecified atom stereocenters. The van der Waals surface area contributed by atoms with Crippen LogP contribution in [-0.4, -0.2) is 61.5 Å². The van der Waals surface area contributed by atoms with Gasteiger partial charge in [0.25, 0.3) is 0 Å². The lowest BCUT2D eigenvalue weighted by Crippen LogP contribution is -2.50. The minimum absolute atomic E-state index is 0.257. The first-order valence-corrected chi connectivity index (χ1v) is 10.3. The molecule has 4 heteroatoms. The summed E-state index contributed by atoms with van der Waals surface area (Å²) in [6.07, 6.45) is 3.16. The number of hydrogen-bond donors (Lipinski definition) is 0. The Labute approximate surface area is 168 Å². The van der Waals surface area contributed by atoms with E-state index in [2.05, 4.69) is 71.3 Å². The Hall–Kier alpha value is -2.59. The van der Waals surface area contributed by atoms with Gasteiger partial charge in [0, 0.05) is 45.0 Å². The molecular weight excluding hydrogens is 346 g/mol. The number of para-hydroxylation sites is 1. The van der Waals surface area contributed by atoms with Crippen molar-refractivity contribution >= 4 is 17.2 Å². The van der Waals surface area contributed by atoms with Gasteiger partial charge in [0.15, 0.2) is 0 Å². The highest BCUT2D eigenvalue weighted by Gasteiger charge is 2.23. The maximum atomic E-state index is 12.8. The Morgan fingerprint density at radius 1 is 0.893 bits per heavy atom. The van der Waals surface area contributed by atoms with Gasteiger partial charge in [-0.05, 0) is 36.1 Å². The average molecular weight is 376 g/mol. The zero-order valence-corrected chi connectivity index (χ0v) is 16.7. The van der Waals surface area contributed by atoms with Gasteiger partial charge in [0.1, 0.15) is 0 Å². The average Bonchev–Trinajstić information content (AvgIpc) is 2.75. The maximum absolute atomic E-state index is 12.8. The molecule has 146 valence electrons. The number of carbonyl (C=O) groups excluding carboxylic acids is 1. The number of carbonyl (C=O) groups is 1. The normalized spacial score (nSPS) is 18.1. The summed E-state index contributed by atoms with van der Waals surface area (Å²) in [7, 11) is 0. The van der Waals surface area contributed by atoms with E-state index >= 15 is 0 Å². The third kappa shape index (κ3) is 4.28. The number of amides is 1. The van der Waals surface area contributed by atoms with Crippen molar-refractivity contribution in [2.45, 2.75) is 13.3 Å². The summed E-state index contributed by atoms with van der Waals surface area (Å²) < 4.78 is 0. The van der Waals surface area contributed by atoms with E-state index in [1.807, 2.05) is 11.0 Å². The molecule has 0 N–H and O–H groups in total. The van der Waals surface area contributed by atoms with Gasteiger partial charge >= 0.3 is 0 Å². The maximum Gasteiger partial charge on any atom is 0.237 e. The van der Waals surface area contributed by atoms with Crippen molar-refractivity contribution in [1.29, 1.82) is 0 Å². The highest BCUT2D eigenvalue weighted by Crippen LogP contribution is 2.23. The number of benzene rings is 2. The second-order valence-electron chi connectivity index (χ2n) is 7.73. The fraction of sp³-hybridized carbons (Fsp3) is 0.375. The summed E-state index contributed by atoms with van der Waals surface area (Å²) in [5, 5.41) is 0. The monoisotopic (exact) mass is 375 g/mol. The molecule has 1 saturated heterocycles. The van der Waals surface area contributed by atoms with Crippen LogP contribution in [0.5, 0.6) is 0 Å². The molecule has 4 nitrogen and oxygen atoms in total. The molecule has 0 radical (unpaired) electrons. The van der Waals surface area contributed by atoms with E-state index in [9.17, 15) is 4.79 Å². The number of anilines is 1. The number of rotatable bonds is 4. The van der Waals surface area contributed by atoms with Crippen LogP contribution in [0.2, 0.25) is 0 Å². The summed E-state index contributed by atoms with van der Waals surface area (Å²) in [6, 6.07) is 19.0. The van der Waals surface area contributed by atoms with Crippen molar-refractivity contribution in [3.63, 3.8) is 0 Å². The first-order valence-electron chi connectivity index (χ1n) is 10.3. The summed E-state index contributed by atoms with van der Waals surface area (Å²) >= 11 is 0. The van der Waals surface area contributed by atoms with Gasteiger partial charge in [-0.1, -0.05) is 54.6 Å². The van der Waals surface area contributed by atoms with Crippen molar-refractivity contribution in [2.75, 3.05) is 50.7 Å². The molecular formula is C24H29N3O. The Bertz CT molecular complexity index is 838. The predicted molar refractivity (Wildman–Crippen MR) is 115 cm³/mol. The first kappa shape index (κ1) is 18.8. The van der Waals surface area contributed by atoms with Gasteiger partial charge in [-0.15, -0.1) is 0 Å². The van der Waals surface area contributed by atoms with Crippen LogP contribution in [0.3, 0.4) is 0 Å². The molecule has 0 aromatic heterocycles. The topological polar surface area (TPSA) is 26.8 Å². The van der Waals surface area contributed by atoms with Crippen molar-refractivity contribution in [1.82, 2.24) is 9.80 Å². The van der Waals surface area contributed by atoms with Crippen LogP contribution in [0.4, 0.5) is 5.69 Å². The Morgan fingerprint density at radius 2 is 1.61 bits per heavy atom. The molecule has 2 aliphatic rings. The highest BCUT2D eigenvalue weighted by atomic mass is 16.2. The van der Waals surface area contributed by atoms with Gasteiger partial charge in [-0.3, -0.25) is 9.69 Å². The summed E-state index contributed by atoms with van der Waals surface area (Å²) in [4.78, 5) is 19.5. The summed E-state index contributed by atoms with van der Waals surface area (Å²) in [5.74, 6) is 0.257. The van der Waals surface area contributed by atoms with Crippen molar-refractivity contribution in [3.8, 4) is 0 Å². The van der Waals surface area contributed by atoms with Crippen molar-refractivity contribution in [2.24, 2.45) is 0 Å². The Kier molecular flexibility index (Phi) is 5.77. The molecule has 0 spiro atoms. The number of nitrogens with zero attached hydrogens (tertiary/aromatic N) is 3. The van der Waals surface area contributed by atoms with Crippen LogP contribution in [0, 0.1) is 6.92 Å². The second kappa shape index (κ2) is 8.61. The van der Waals surface area contributed by atoms with Crippen LogP contribution in [0.1, 0.15) is 17.5 Å². The lowest BCUT2D eigenvalue weighted by Gasteiger charge is -2.37. The van der Waals surface area contributed by atoms with Gasteiger partial charge in [0.05, 0.1) is 6.54 Å². The standard InChI is InChI=1S/C24H29N3O/c1-20-7-5-6-10-23(20)26-17-15-25(16-18-26)19-24(28)27-13-11-22(12-14-27)21-8-3-2-4-9-21/h2-11H,12-19H2,1H3. The number of piperazine rings is 1. The smallest absolute Gasteiger partial charge is 0.237 e. The number of hydrogen-bond acceptors (Lipinski definition) is 3. The van der Waals surface area contributed by atoms with Gasteiger partial charge < -0.3 is 9.80 Å². The van der Waals surface area contributed by atoms with Gasteiger partial charge in [-0.25, -0.2) is 0 Å². The molecule has 1 amide bonds. The third-order valence-corrected chi connectivity index (χ3v) is 5.89. The molecule has 2 aliphatic heterocycles. The van der Waals surface area contributed by atoms with E-state index in [-0.39, 0.29) is 5.91 Å². The summed E-state index contributed by atoms with van der Waals surface area (Å²) in [5.41, 5.74) is 5.28. The van der Waals surface area contributed by atoms with Crippen LogP contribution < -0.4 is 4.90 Å². The molecule has 28 heavy (non-hydrogen) atoms. The summed E-state index contributed by atoms with van der Waals surface area (Å²) in [6.45, 7) is 8.11. The Morgan fingerprint density at radius 3 is 2.29 bits per heavy atom. The van der Waals surface area contributed by atoms with E-state index in [4.69, 9.17) is 0 Å². The number of aryl methyl sites for hydroxylation is 1. The van der Waals surface area contributed by atoms with E-state index in [1.165, 1.54) is 22.4 Å². The quantitative estimate of drug-likeness (QED) is 0.819. The molecule has 2 heterocycles. The molecule has 1 fully saturated rings. The van der Waals surface area contributed by atoms with Crippen molar-refractivity contribution < 1.29 is 4.79 Å². The zero-order valence-electron chi connectivity index (χ0n) is 16.7. The second-order valence-corrected chi connectivity index (χ2v) is 7.73. The van der Waals surface area contributed by atoms with Crippen LogP contribution in [-0.2, 0) is 4.79 Å². The van der Waals surface area contributed by atoms with Crippen LogP contribution in [0.15, 0.2) is 60.7 Å². The molecule has 2 aromatic rings. The largest absolute Gasteiger partial charge is 0.369 e. The van der Waals surface area contributed by atoms with E-state index in [1.54, 1.807) is 0 Å². The SMILES string of the molecule is Cc1ccccc1N1CCN(CC(=O)N2CC=C(c3ccccc3)CC2)CC1. The third-order valence-electron chi connectivity index (χ3n) is 5.89. The first-order chi connectivity index (χ1) is 13.7. The fourth-order valence-electron chi connectivity index (χ4n) is 4.17. The van der Waals surface area contributed by atoms with Gasteiger partial charge in [-0.2, -0.15) is 0 Å². The lowest BCUT2D eigenvalue weighted by atomic mass is 9.99. The molecule has 2 aromatic carbocycles. The van der Waals surface area contributed by atoms with E-state index in [0.717, 1.165) is 45.7 Å². The Balaban J connectivity index is 1.27. The minimum atomic E-state index is 0.257. The molecule has 0 saturated carbocycles. The predicted octanol–water partition coefficient (Wildman–Crippen LogP) is 3.43. The molecule has 0 aliphatic carbocycles. The van der Waals surface area contributed by atoms with Gasteiger partial charge in [0.2, 0.25) is 5.91 Å². The molecule has 0 bridgehead atoms.